The first-order chi connectivity index (χ1) is 9.40. The van der Waals surface area contributed by atoms with Crippen LogP contribution in [0.1, 0.15) is 24.6 Å². The summed E-state index contributed by atoms with van der Waals surface area (Å²) in [6, 6.07) is 7.84. The Hall–Kier alpha value is -1.59. The SMILES string of the molecule is Cl.c1ccc(-c2nc(C3CC3)no2)c(OC2CNC2)c1. The lowest BCUT2D eigenvalue weighted by Gasteiger charge is -2.28. The Morgan fingerprint density at radius 3 is 2.70 bits per heavy atom. The molecule has 1 N–H and O–H groups in total. The topological polar surface area (TPSA) is 60.2 Å². The van der Waals surface area contributed by atoms with Crippen LogP contribution >= 0.6 is 12.4 Å². The lowest BCUT2D eigenvalue weighted by atomic mass is 10.2. The van der Waals surface area contributed by atoms with Crippen molar-refractivity contribution in [3.63, 3.8) is 0 Å². The zero-order valence-corrected chi connectivity index (χ0v) is 11.7. The predicted molar refractivity (Wildman–Crippen MR) is 76.2 cm³/mol. The van der Waals surface area contributed by atoms with Gasteiger partial charge in [-0.2, -0.15) is 4.98 Å². The first kappa shape index (κ1) is 13.4. The van der Waals surface area contributed by atoms with Crippen LogP contribution in [0.4, 0.5) is 0 Å². The normalized spacial score (nSPS) is 18.2. The Kier molecular flexibility index (Phi) is 3.63. The molecule has 0 atom stereocenters. The van der Waals surface area contributed by atoms with Crippen LogP contribution in [-0.4, -0.2) is 29.3 Å². The average molecular weight is 294 g/mol. The van der Waals surface area contributed by atoms with E-state index in [0.29, 0.717) is 11.8 Å². The highest BCUT2D eigenvalue weighted by molar-refractivity contribution is 5.85. The highest BCUT2D eigenvalue weighted by Crippen LogP contribution is 2.39. The van der Waals surface area contributed by atoms with Crippen LogP contribution in [0.25, 0.3) is 11.5 Å². The Morgan fingerprint density at radius 1 is 1.20 bits per heavy atom. The molecule has 20 heavy (non-hydrogen) atoms. The standard InChI is InChI=1S/C14H15N3O2.ClH/c1-2-4-12(18-10-7-15-8-10)11(3-1)14-16-13(17-19-14)9-5-6-9;/h1-4,9-10,15H,5-8H2;1H. The van der Waals surface area contributed by atoms with Gasteiger partial charge < -0.3 is 14.6 Å². The minimum absolute atomic E-state index is 0. The fraction of sp³-hybridized carbons (Fsp3) is 0.429. The largest absolute Gasteiger partial charge is 0.487 e. The number of hydrogen-bond acceptors (Lipinski definition) is 5. The summed E-state index contributed by atoms with van der Waals surface area (Å²) in [6.45, 7) is 1.79. The Labute approximate surface area is 123 Å². The van der Waals surface area contributed by atoms with Crippen molar-refractivity contribution in [1.29, 1.82) is 0 Å². The van der Waals surface area contributed by atoms with Gasteiger partial charge in [-0.15, -0.1) is 12.4 Å². The summed E-state index contributed by atoms with van der Waals surface area (Å²) in [7, 11) is 0. The summed E-state index contributed by atoms with van der Waals surface area (Å²) >= 11 is 0. The van der Waals surface area contributed by atoms with E-state index in [-0.39, 0.29) is 18.5 Å². The molecule has 0 spiro atoms. The van der Waals surface area contributed by atoms with Crippen molar-refractivity contribution in [2.24, 2.45) is 0 Å². The van der Waals surface area contributed by atoms with Crippen molar-refractivity contribution >= 4 is 12.4 Å². The number of para-hydroxylation sites is 1. The molecule has 0 amide bonds. The first-order valence-corrected chi connectivity index (χ1v) is 6.70. The van der Waals surface area contributed by atoms with E-state index in [1.54, 1.807) is 0 Å². The molecule has 6 heteroatoms. The fourth-order valence-corrected chi connectivity index (χ4v) is 2.12. The molecule has 2 fully saturated rings. The van der Waals surface area contributed by atoms with Crippen LogP contribution in [0.2, 0.25) is 0 Å². The van der Waals surface area contributed by atoms with E-state index in [4.69, 9.17) is 9.26 Å². The highest BCUT2D eigenvalue weighted by Gasteiger charge is 2.29. The number of halogens is 1. The zero-order valence-electron chi connectivity index (χ0n) is 10.9. The quantitative estimate of drug-likeness (QED) is 0.938. The van der Waals surface area contributed by atoms with Gasteiger partial charge in [0.15, 0.2) is 5.82 Å². The van der Waals surface area contributed by atoms with Gasteiger partial charge in [-0.3, -0.25) is 0 Å². The Morgan fingerprint density at radius 2 is 2.00 bits per heavy atom. The molecule has 4 rings (SSSR count). The van der Waals surface area contributed by atoms with E-state index >= 15 is 0 Å². The first-order valence-electron chi connectivity index (χ1n) is 6.70. The molecule has 0 unspecified atom stereocenters. The maximum atomic E-state index is 5.93. The van der Waals surface area contributed by atoms with Crippen LogP contribution in [0.5, 0.6) is 5.75 Å². The fourth-order valence-electron chi connectivity index (χ4n) is 2.12. The van der Waals surface area contributed by atoms with E-state index in [1.165, 1.54) is 12.8 Å². The molecule has 1 saturated heterocycles. The number of ether oxygens (including phenoxy) is 1. The molecule has 2 heterocycles. The zero-order chi connectivity index (χ0) is 12.7. The molecule has 2 aromatic rings. The van der Waals surface area contributed by atoms with Crippen molar-refractivity contribution in [3.05, 3.63) is 30.1 Å². The Balaban J connectivity index is 0.00000121. The van der Waals surface area contributed by atoms with Gasteiger partial charge in [-0.05, 0) is 25.0 Å². The van der Waals surface area contributed by atoms with Crippen molar-refractivity contribution in [1.82, 2.24) is 15.5 Å². The minimum atomic E-state index is 0. The summed E-state index contributed by atoms with van der Waals surface area (Å²) < 4.78 is 11.3. The molecular weight excluding hydrogens is 278 g/mol. The number of hydrogen-bond donors (Lipinski definition) is 1. The van der Waals surface area contributed by atoms with Gasteiger partial charge in [-0.25, -0.2) is 0 Å². The van der Waals surface area contributed by atoms with Gasteiger partial charge in [0.25, 0.3) is 5.89 Å². The number of nitrogens with one attached hydrogen (secondary N) is 1. The monoisotopic (exact) mass is 293 g/mol. The van der Waals surface area contributed by atoms with Gasteiger partial charge >= 0.3 is 0 Å². The third-order valence-corrected chi connectivity index (χ3v) is 3.54. The van der Waals surface area contributed by atoms with E-state index < -0.39 is 0 Å². The van der Waals surface area contributed by atoms with E-state index in [2.05, 4.69) is 15.5 Å². The highest BCUT2D eigenvalue weighted by atomic mass is 35.5. The van der Waals surface area contributed by atoms with Crippen LogP contribution < -0.4 is 10.1 Å². The summed E-state index contributed by atoms with van der Waals surface area (Å²) in [5.74, 6) is 2.71. The van der Waals surface area contributed by atoms with E-state index in [9.17, 15) is 0 Å². The number of aromatic nitrogens is 2. The molecule has 1 saturated carbocycles. The number of nitrogens with zero attached hydrogens (tertiary/aromatic N) is 2. The molecule has 0 bridgehead atoms. The summed E-state index contributed by atoms with van der Waals surface area (Å²) in [6.07, 6.45) is 2.59. The van der Waals surface area contributed by atoms with Gasteiger partial charge in [0.05, 0.1) is 5.56 Å². The maximum Gasteiger partial charge on any atom is 0.261 e. The summed E-state index contributed by atoms with van der Waals surface area (Å²) in [5, 5.41) is 7.25. The molecule has 0 radical (unpaired) electrons. The summed E-state index contributed by atoms with van der Waals surface area (Å²) in [4.78, 5) is 4.48. The van der Waals surface area contributed by atoms with Crippen LogP contribution in [0, 0.1) is 0 Å². The van der Waals surface area contributed by atoms with Crippen molar-refractivity contribution in [2.75, 3.05) is 13.1 Å². The minimum Gasteiger partial charge on any atom is -0.487 e. The third-order valence-electron chi connectivity index (χ3n) is 3.54. The molecule has 1 aliphatic carbocycles. The average Bonchev–Trinajstić information content (AvgIpc) is 3.13. The predicted octanol–water partition coefficient (Wildman–Crippen LogP) is 2.39. The second-order valence-electron chi connectivity index (χ2n) is 5.13. The van der Waals surface area contributed by atoms with Crippen LogP contribution in [0.3, 0.4) is 0 Å². The van der Waals surface area contributed by atoms with Gasteiger partial charge in [0.2, 0.25) is 0 Å². The van der Waals surface area contributed by atoms with Crippen molar-refractivity contribution in [2.45, 2.75) is 24.9 Å². The lowest BCUT2D eigenvalue weighted by Crippen LogP contribution is -2.50. The van der Waals surface area contributed by atoms with Crippen molar-refractivity contribution < 1.29 is 9.26 Å². The second-order valence-corrected chi connectivity index (χ2v) is 5.13. The lowest BCUT2D eigenvalue weighted by molar-refractivity contribution is 0.142. The maximum absolute atomic E-state index is 5.93. The molecule has 1 aliphatic heterocycles. The van der Waals surface area contributed by atoms with Gasteiger partial charge in [-0.1, -0.05) is 17.3 Å². The second kappa shape index (κ2) is 5.42. The van der Waals surface area contributed by atoms with Crippen molar-refractivity contribution in [3.8, 4) is 17.2 Å². The molecular formula is C14H16ClN3O2. The van der Waals surface area contributed by atoms with E-state index in [0.717, 1.165) is 30.2 Å². The Bertz CT molecular complexity index is 594. The van der Waals surface area contributed by atoms with Gasteiger partial charge in [0.1, 0.15) is 11.9 Å². The molecule has 106 valence electrons. The smallest absolute Gasteiger partial charge is 0.261 e. The van der Waals surface area contributed by atoms with Gasteiger partial charge in [0, 0.05) is 19.0 Å². The molecule has 1 aromatic heterocycles. The number of rotatable bonds is 4. The molecule has 2 aliphatic rings. The van der Waals surface area contributed by atoms with Crippen LogP contribution in [0.15, 0.2) is 28.8 Å². The molecule has 1 aromatic carbocycles. The van der Waals surface area contributed by atoms with Crippen LogP contribution in [-0.2, 0) is 0 Å². The van der Waals surface area contributed by atoms with E-state index in [1.807, 2.05) is 24.3 Å². The number of benzene rings is 1. The molecule has 5 nitrogen and oxygen atoms in total. The third kappa shape index (κ3) is 2.51. The summed E-state index contributed by atoms with van der Waals surface area (Å²) in [5.41, 5.74) is 0.883.